The molecule has 0 saturated carbocycles. The number of hydrogen-bond donors (Lipinski definition) is 1. The molecular weight excluding hydrogens is 421 g/mol. The molecule has 4 rings (SSSR count). The van der Waals surface area contributed by atoms with E-state index in [0.29, 0.717) is 12.1 Å². The zero-order valence-corrected chi connectivity index (χ0v) is 19.2. The van der Waals surface area contributed by atoms with Crippen LogP contribution in [0.25, 0.3) is 22.3 Å². The van der Waals surface area contributed by atoms with Gasteiger partial charge in [0.25, 0.3) is 5.91 Å². The minimum Gasteiger partial charge on any atom is -0.334 e. The summed E-state index contributed by atoms with van der Waals surface area (Å²) in [4.78, 5) is 20.3. The number of carbonyl (C=O) groups is 1. The molecule has 1 aliphatic rings. The average Bonchev–Trinajstić information content (AvgIpc) is 3.33. The highest BCUT2D eigenvalue weighted by molar-refractivity contribution is 6.06. The lowest BCUT2D eigenvalue weighted by Crippen LogP contribution is -2.40. The summed E-state index contributed by atoms with van der Waals surface area (Å²) in [6, 6.07) is 10.3. The van der Waals surface area contributed by atoms with E-state index >= 15 is 0 Å². The van der Waals surface area contributed by atoms with Gasteiger partial charge in [0.1, 0.15) is 0 Å². The second-order valence-electron chi connectivity index (χ2n) is 7.82. The maximum atomic E-state index is 13.5. The Labute approximate surface area is 189 Å². The number of benzene rings is 1. The highest BCUT2D eigenvalue weighted by Gasteiger charge is 2.30. The lowest BCUT2D eigenvalue weighted by Gasteiger charge is -2.24. The molecule has 1 unspecified atom stereocenters. The Kier molecular flexibility index (Phi) is 7.86. The topological polar surface area (TPSA) is 77.0 Å². The van der Waals surface area contributed by atoms with E-state index in [0.717, 1.165) is 47.2 Å². The summed E-state index contributed by atoms with van der Waals surface area (Å²) in [6.45, 7) is 7.45. The first-order chi connectivity index (χ1) is 13.5. The fourth-order valence-corrected chi connectivity index (χ4v) is 4.07. The van der Waals surface area contributed by atoms with Crippen molar-refractivity contribution >= 4 is 41.8 Å². The Bertz CT molecular complexity index is 1030. The number of carbonyl (C=O) groups excluding carboxylic acids is 1. The summed E-state index contributed by atoms with van der Waals surface area (Å²) < 4.78 is 1.89. The first kappa shape index (κ1) is 24.1. The average molecular weight is 450 g/mol. The molecule has 0 radical (unpaired) electrons. The van der Waals surface area contributed by atoms with Crippen LogP contribution in [-0.4, -0.2) is 44.7 Å². The van der Waals surface area contributed by atoms with Crippen molar-refractivity contribution < 1.29 is 4.79 Å². The maximum Gasteiger partial charge on any atom is 0.255 e. The number of likely N-dealkylation sites (tertiary alicyclic amines) is 1. The van der Waals surface area contributed by atoms with Crippen molar-refractivity contribution in [1.82, 2.24) is 19.7 Å². The highest BCUT2D eigenvalue weighted by Crippen LogP contribution is 2.30. The minimum absolute atomic E-state index is 0. The van der Waals surface area contributed by atoms with Gasteiger partial charge in [0.15, 0.2) is 5.65 Å². The largest absolute Gasteiger partial charge is 0.334 e. The van der Waals surface area contributed by atoms with E-state index in [1.807, 2.05) is 33.8 Å². The molecule has 1 saturated heterocycles. The number of rotatable bonds is 4. The number of nitrogens with two attached hydrogens (primary N) is 1. The van der Waals surface area contributed by atoms with Gasteiger partial charge in [0, 0.05) is 30.7 Å². The number of hydrogen-bond acceptors (Lipinski definition) is 4. The Morgan fingerprint density at radius 1 is 1.27 bits per heavy atom. The maximum absolute atomic E-state index is 13.5. The predicted molar refractivity (Wildman–Crippen MR) is 126 cm³/mol. The molecule has 3 aromatic rings. The Morgan fingerprint density at radius 3 is 2.67 bits per heavy atom. The number of halogens is 2. The molecule has 2 aromatic heterocycles. The van der Waals surface area contributed by atoms with Crippen molar-refractivity contribution in [3.8, 4) is 11.3 Å². The molecular formula is C22H29Cl2N5O. The van der Waals surface area contributed by atoms with Crippen LogP contribution in [0.2, 0.25) is 0 Å². The number of amides is 1. The Hall–Kier alpha value is -2.15. The van der Waals surface area contributed by atoms with Crippen LogP contribution in [0.4, 0.5) is 0 Å². The minimum atomic E-state index is 0. The van der Waals surface area contributed by atoms with Crippen LogP contribution in [0.15, 0.2) is 36.5 Å². The quantitative estimate of drug-likeness (QED) is 0.640. The first-order valence-electron chi connectivity index (χ1n) is 9.96. The van der Waals surface area contributed by atoms with Gasteiger partial charge in [0.2, 0.25) is 0 Å². The summed E-state index contributed by atoms with van der Waals surface area (Å²) in [5, 5.41) is 5.32. The summed E-state index contributed by atoms with van der Waals surface area (Å²) in [6.07, 6.45) is 3.73. The van der Waals surface area contributed by atoms with Gasteiger partial charge in [-0.3, -0.25) is 4.79 Å². The molecule has 6 nitrogen and oxygen atoms in total. The molecule has 1 fully saturated rings. The predicted octanol–water partition coefficient (Wildman–Crippen LogP) is 4.39. The van der Waals surface area contributed by atoms with Crippen molar-refractivity contribution in [2.75, 3.05) is 13.1 Å². The second-order valence-corrected chi connectivity index (χ2v) is 7.82. The van der Waals surface area contributed by atoms with Gasteiger partial charge in [-0.25, -0.2) is 9.67 Å². The third-order valence-corrected chi connectivity index (χ3v) is 5.62. The van der Waals surface area contributed by atoms with E-state index in [-0.39, 0.29) is 42.8 Å². The van der Waals surface area contributed by atoms with Crippen molar-refractivity contribution in [3.05, 3.63) is 47.7 Å². The van der Waals surface area contributed by atoms with E-state index in [9.17, 15) is 4.79 Å². The van der Waals surface area contributed by atoms with Gasteiger partial charge in [-0.2, -0.15) is 5.10 Å². The molecule has 30 heavy (non-hydrogen) atoms. The summed E-state index contributed by atoms with van der Waals surface area (Å²) in [7, 11) is 0. The SMILES string of the molecule is Cc1ccccc1-c1cc(C(=O)N2CCCC2CN)c2cnn(C(C)C)c2n1.Cl.Cl. The van der Waals surface area contributed by atoms with Crippen LogP contribution in [0.5, 0.6) is 0 Å². The second kappa shape index (κ2) is 9.77. The summed E-state index contributed by atoms with van der Waals surface area (Å²) >= 11 is 0. The number of pyridine rings is 1. The van der Waals surface area contributed by atoms with Crippen LogP contribution in [-0.2, 0) is 0 Å². The third kappa shape index (κ3) is 4.17. The molecule has 0 aliphatic carbocycles. The van der Waals surface area contributed by atoms with Crippen molar-refractivity contribution in [3.63, 3.8) is 0 Å². The van der Waals surface area contributed by atoms with E-state index in [4.69, 9.17) is 10.7 Å². The van der Waals surface area contributed by atoms with Gasteiger partial charge < -0.3 is 10.6 Å². The lowest BCUT2D eigenvalue weighted by molar-refractivity contribution is 0.0743. The van der Waals surface area contributed by atoms with E-state index in [1.54, 1.807) is 6.20 Å². The Morgan fingerprint density at radius 2 is 2.00 bits per heavy atom. The molecule has 1 aliphatic heterocycles. The van der Waals surface area contributed by atoms with Crippen LogP contribution < -0.4 is 5.73 Å². The molecule has 2 N–H and O–H groups in total. The van der Waals surface area contributed by atoms with Crippen molar-refractivity contribution in [2.45, 2.75) is 45.7 Å². The van der Waals surface area contributed by atoms with Crippen molar-refractivity contribution in [2.24, 2.45) is 5.73 Å². The van der Waals surface area contributed by atoms with Crippen LogP contribution in [0, 0.1) is 6.92 Å². The molecule has 0 spiro atoms. The summed E-state index contributed by atoms with van der Waals surface area (Å²) in [5.41, 5.74) is 10.3. The summed E-state index contributed by atoms with van der Waals surface area (Å²) in [5.74, 6) is 0.0264. The first-order valence-corrected chi connectivity index (χ1v) is 9.96. The molecule has 1 atom stereocenters. The van der Waals surface area contributed by atoms with Crippen LogP contribution >= 0.6 is 24.8 Å². The zero-order valence-electron chi connectivity index (χ0n) is 17.5. The molecule has 0 bridgehead atoms. The van der Waals surface area contributed by atoms with E-state index < -0.39 is 0 Å². The van der Waals surface area contributed by atoms with Crippen LogP contribution in [0.3, 0.4) is 0 Å². The lowest BCUT2D eigenvalue weighted by atomic mass is 10.0. The Balaban J connectivity index is 0.00000160. The standard InChI is InChI=1S/C22H27N5O.2ClH/c1-14(2)27-21-19(13-24-27)18(22(28)26-10-6-8-16(26)12-23)11-20(25-21)17-9-5-4-7-15(17)3;;/h4-5,7,9,11,13-14,16H,6,8,10,12,23H2,1-3H3;2*1H. The fourth-order valence-electron chi connectivity index (χ4n) is 4.07. The zero-order chi connectivity index (χ0) is 19.8. The molecule has 8 heteroatoms. The molecule has 1 amide bonds. The smallest absolute Gasteiger partial charge is 0.255 e. The van der Waals surface area contributed by atoms with Crippen molar-refractivity contribution in [1.29, 1.82) is 0 Å². The van der Waals surface area contributed by atoms with E-state index in [2.05, 4.69) is 31.9 Å². The van der Waals surface area contributed by atoms with Crippen LogP contribution in [0.1, 0.15) is 48.7 Å². The van der Waals surface area contributed by atoms with E-state index in [1.165, 1.54) is 0 Å². The molecule has 3 heterocycles. The van der Waals surface area contributed by atoms with Gasteiger partial charge in [0.05, 0.1) is 22.8 Å². The number of aryl methyl sites for hydroxylation is 1. The third-order valence-electron chi connectivity index (χ3n) is 5.62. The highest BCUT2D eigenvalue weighted by atomic mass is 35.5. The van der Waals surface area contributed by atoms with Gasteiger partial charge >= 0.3 is 0 Å². The normalized spacial score (nSPS) is 15.9. The van der Waals surface area contributed by atoms with Gasteiger partial charge in [-0.1, -0.05) is 24.3 Å². The number of nitrogens with zero attached hydrogens (tertiary/aromatic N) is 4. The van der Waals surface area contributed by atoms with Gasteiger partial charge in [-0.15, -0.1) is 24.8 Å². The molecule has 1 aromatic carbocycles. The molecule has 162 valence electrons. The number of aromatic nitrogens is 3. The monoisotopic (exact) mass is 449 g/mol. The fraction of sp³-hybridized carbons (Fsp3) is 0.409. The number of fused-ring (bicyclic) bond motifs is 1. The van der Waals surface area contributed by atoms with Gasteiger partial charge in [-0.05, 0) is 45.2 Å².